The lowest BCUT2D eigenvalue weighted by Crippen LogP contribution is -1.95. The number of hydrogen-bond donors (Lipinski definition) is 0. The first-order valence-corrected chi connectivity index (χ1v) is 4.82. The molecule has 1 nitrogen and oxygen atoms in total. The first-order valence-electron chi connectivity index (χ1n) is 4.82. The molecule has 0 saturated heterocycles. The van der Waals surface area contributed by atoms with Gasteiger partial charge in [-0.25, -0.2) is 13.2 Å². The molecule has 0 heterocycles. The highest BCUT2D eigenvalue weighted by Gasteiger charge is 2.14. The molecule has 0 aliphatic heterocycles. The molecule has 0 atom stereocenters. The second kappa shape index (κ2) is 4.41. The summed E-state index contributed by atoms with van der Waals surface area (Å²) in [7, 11) is 0. The lowest BCUT2D eigenvalue weighted by atomic mass is 9.99. The van der Waals surface area contributed by atoms with E-state index in [1.165, 1.54) is 12.1 Å². The molecule has 0 aliphatic rings. The van der Waals surface area contributed by atoms with E-state index in [2.05, 4.69) is 0 Å². The molecule has 0 amide bonds. The molecule has 0 bridgehead atoms. The van der Waals surface area contributed by atoms with Crippen molar-refractivity contribution in [1.29, 1.82) is 0 Å². The van der Waals surface area contributed by atoms with Crippen LogP contribution in [0.3, 0.4) is 0 Å². The third kappa shape index (κ3) is 2.06. The Morgan fingerprint density at radius 1 is 0.941 bits per heavy atom. The van der Waals surface area contributed by atoms with E-state index in [4.69, 9.17) is 0 Å². The van der Waals surface area contributed by atoms with Crippen molar-refractivity contribution in [3.8, 4) is 11.1 Å². The number of hydrogen-bond acceptors (Lipinski definition) is 1. The number of benzene rings is 2. The first-order chi connectivity index (χ1) is 8.13. The molecule has 4 heteroatoms. The van der Waals surface area contributed by atoms with Crippen LogP contribution in [-0.4, -0.2) is 6.29 Å². The summed E-state index contributed by atoms with van der Waals surface area (Å²) in [6.45, 7) is 0. The molecule has 0 N–H and O–H groups in total. The van der Waals surface area contributed by atoms with Gasteiger partial charge < -0.3 is 0 Å². The number of halogens is 3. The third-order valence-electron chi connectivity index (χ3n) is 2.37. The second-order valence-corrected chi connectivity index (χ2v) is 3.45. The zero-order valence-electron chi connectivity index (χ0n) is 8.58. The Bertz CT molecular complexity index is 579. The average molecular weight is 236 g/mol. The Kier molecular flexibility index (Phi) is 2.95. The van der Waals surface area contributed by atoms with E-state index in [9.17, 15) is 18.0 Å². The Morgan fingerprint density at radius 2 is 1.71 bits per heavy atom. The summed E-state index contributed by atoms with van der Waals surface area (Å²) in [5.41, 5.74) is -0.262. The zero-order valence-corrected chi connectivity index (χ0v) is 8.58. The summed E-state index contributed by atoms with van der Waals surface area (Å²) in [4.78, 5) is 10.8. The van der Waals surface area contributed by atoms with Gasteiger partial charge in [0.1, 0.15) is 17.5 Å². The van der Waals surface area contributed by atoms with Crippen LogP contribution in [0.15, 0.2) is 36.4 Å². The van der Waals surface area contributed by atoms with Crippen molar-refractivity contribution in [2.75, 3.05) is 0 Å². The van der Waals surface area contributed by atoms with E-state index in [0.29, 0.717) is 12.4 Å². The molecule has 0 aliphatic carbocycles. The summed E-state index contributed by atoms with van der Waals surface area (Å²) in [6.07, 6.45) is 0.432. The van der Waals surface area contributed by atoms with Gasteiger partial charge in [0.25, 0.3) is 0 Å². The molecule has 0 unspecified atom stereocenters. The fourth-order valence-corrected chi connectivity index (χ4v) is 1.62. The quantitative estimate of drug-likeness (QED) is 0.728. The minimum atomic E-state index is -0.904. The van der Waals surface area contributed by atoms with Gasteiger partial charge in [-0.2, -0.15) is 0 Å². The van der Waals surface area contributed by atoms with Gasteiger partial charge in [-0.05, 0) is 18.2 Å². The van der Waals surface area contributed by atoms with Crippen molar-refractivity contribution in [1.82, 2.24) is 0 Å². The Hall–Kier alpha value is -2.10. The molecule has 2 rings (SSSR count). The molecule has 17 heavy (non-hydrogen) atoms. The lowest BCUT2D eigenvalue weighted by Gasteiger charge is -2.07. The Labute approximate surface area is 95.5 Å². The van der Waals surface area contributed by atoms with Crippen LogP contribution in [0.5, 0.6) is 0 Å². The van der Waals surface area contributed by atoms with Gasteiger partial charge in [0, 0.05) is 22.8 Å². The predicted octanol–water partition coefficient (Wildman–Crippen LogP) is 3.58. The van der Waals surface area contributed by atoms with E-state index < -0.39 is 17.5 Å². The SMILES string of the molecule is O=Cc1cccc(F)c1-c1ccc(F)cc1F. The summed E-state index contributed by atoms with van der Waals surface area (Å²) in [6, 6.07) is 6.61. The van der Waals surface area contributed by atoms with Crippen LogP contribution in [0, 0.1) is 17.5 Å². The maximum atomic E-state index is 13.6. The maximum Gasteiger partial charge on any atom is 0.150 e. The van der Waals surface area contributed by atoms with Crippen molar-refractivity contribution in [3.63, 3.8) is 0 Å². The van der Waals surface area contributed by atoms with Crippen LogP contribution < -0.4 is 0 Å². The van der Waals surface area contributed by atoms with Gasteiger partial charge in [0.2, 0.25) is 0 Å². The molecule has 86 valence electrons. The van der Waals surface area contributed by atoms with Crippen LogP contribution in [-0.2, 0) is 0 Å². The summed E-state index contributed by atoms with van der Waals surface area (Å²) < 4.78 is 39.8. The van der Waals surface area contributed by atoms with Crippen molar-refractivity contribution in [3.05, 3.63) is 59.4 Å². The van der Waals surface area contributed by atoms with Crippen LogP contribution >= 0.6 is 0 Å². The van der Waals surface area contributed by atoms with Gasteiger partial charge in [0.05, 0.1) is 0 Å². The first kappa shape index (κ1) is 11.4. The van der Waals surface area contributed by atoms with E-state index in [0.717, 1.165) is 18.2 Å². The number of aldehydes is 1. The minimum Gasteiger partial charge on any atom is -0.298 e. The average Bonchev–Trinajstić information content (AvgIpc) is 2.30. The molecule has 0 aromatic heterocycles. The highest BCUT2D eigenvalue weighted by molar-refractivity contribution is 5.87. The standard InChI is InChI=1S/C13H7F3O/c14-9-4-5-10(12(16)6-9)13-8(7-17)2-1-3-11(13)15/h1-7H. The fraction of sp³-hybridized carbons (Fsp3) is 0. The maximum absolute atomic E-state index is 13.6. The van der Waals surface area contributed by atoms with Gasteiger partial charge in [-0.1, -0.05) is 12.1 Å². The van der Waals surface area contributed by atoms with Gasteiger partial charge in [-0.15, -0.1) is 0 Å². The van der Waals surface area contributed by atoms with Crippen LogP contribution in [0.25, 0.3) is 11.1 Å². The molecule has 0 saturated carbocycles. The number of rotatable bonds is 2. The third-order valence-corrected chi connectivity index (χ3v) is 2.37. The molecule has 2 aromatic rings. The molecule has 0 spiro atoms. The fourth-order valence-electron chi connectivity index (χ4n) is 1.62. The largest absolute Gasteiger partial charge is 0.298 e. The van der Waals surface area contributed by atoms with Crippen LogP contribution in [0.2, 0.25) is 0 Å². The molecular formula is C13H7F3O. The molecule has 2 aromatic carbocycles. The number of carbonyl (C=O) groups is 1. The summed E-state index contributed by atoms with van der Waals surface area (Å²) in [5.74, 6) is -2.38. The van der Waals surface area contributed by atoms with Gasteiger partial charge in [-0.3, -0.25) is 4.79 Å². The van der Waals surface area contributed by atoms with E-state index in [1.807, 2.05) is 0 Å². The van der Waals surface area contributed by atoms with Crippen LogP contribution in [0.1, 0.15) is 10.4 Å². The monoisotopic (exact) mass is 236 g/mol. The van der Waals surface area contributed by atoms with Crippen molar-refractivity contribution in [2.45, 2.75) is 0 Å². The summed E-state index contributed by atoms with van der Waals surface area (Å²) >= 11 is 0. The minimum absolute atomic E-state index is 0.0236. The van der Waals surface area contributed by atoms with Crippen LogP contribution in [0.4, 0.5) is 13.2 Å². The van der Waals surface area contributed by atoms with E-state index in [1.54, 1.807) is 0 Å². The Morgan fingerprint density at radius 3 is 2.35 bits per heavy atom. The molecule has 0 radical (unpaired) electrons. The topological polar surface area (TPSA) is 17.1 Å². The smallest absolute Gasteiger partial charge is 0.150 e. The normalized spacial score (nSPS) is 10.3. The highest BCUT2D eigenvalue weighted by atomic mass is 19.1. The lowest BCUT2D eigenvalue weighted by molar-refractivity contribution is 0.112. The highest BCUT2D eigenvalue weighted by Crippen LogP contribution is 2.28. The second-order valence-electron chi connectivity index (χ2n) is 3.45. The molecule has 0 fully saturated rings. The molecular weight excluding hydrogens is 229 g/mol. The van der Waals surface area contributed by atoms with Gasteiger partial charge in [0.15, 0.2) is 6.29 Å². The van der Waals surface area contributed by atoms with E-state index in [-0.39, 0.29) is 16.7 Å². The predicted molar refractivity (Wildman–Crippen MR) is 57.1 cm³/mol. The van der Waals surface area contributed by atoms with Crippen molar-refractivity contribution >= 4 is 6.29 Å². The summed E-state index contributed by atoms with van der Waals surface area (Å²) in [5, 5.41) is 0. The number of carbonyl (C=O) groups excluding carboxylic acids is 1. The zero-order chi connectivity index (χ0) is 12.4. The van der Waals surface area contributed by atoms with Gasteiger partial charge >= 0.3 is 0 Å². The van der Waals surface area contributed by atoms with Crippen molar-refractivity contribution in [2.24, 2.45) is 0 Å². The van der Waals surface area contributed by atoms with E-state index >= 15 is 0 Å². The van der Waals surface area contributed by atoms with Crippen molar-refractivity contribution < 1.29 is 18.0 Å². The Balaban J connectivity index is 2.71.